The molecule has 0 heterocycles. The number of halogens is 1. The molecule has 0 aromatic heterocycles. The predicted molar refractivity (Wildman–Crippen MR) is 71.9 cm³/mol. The van der Waals surface area contributed by atoms with Crippen molar-refractivity contribution in [1.29, 1.82) is 0 Å². The average molecular weight is 237 g/mol. The van der Waals surface area contributed by atoms with Gasteiger partial charge in [-0.05, 0) is 49.4 Å². The number of aryl methyl sites for hydroxylation is 1. The lowest BCUT2D eigenvalue weighted by Crippen LogP contribution is -2.33. The van der Waals surface area contributed by atoms with E-state index >= 15 is 0 Å². The fraction of sp³-hybridized carbons (Fsp3) is 0.600. The fourth-order valence-electron chi connectivity index (χ4n) is 2.13. The maximum atomic E-state index is 13.5. The van der Waals surface area contributed by atoms with Crippen LogP contribution in [0.15, 0.2) is 18.2 Å². The van der Waals surface area contributed by atoms with Gasteiger partial charge in [-0.2, -0.15) is 0 Å². The molecule has 1 aromatic rings. The van der Waals surface area contributed by atoms with Crippen LogP contribution in [0, 0.1) is 12.7 Å². The molecule has 0 aliphatic rings. The maximum absolute atomic E-state index is 13.5. The Hall–Kier alpha value is -0.890. The van der Waals surface area contributed by atoms with Crippen molar-refractivity contribution in [3.63, 3.8) is 0 Å². The van der Waals surface area contributed by atoms with Gasteiger partial charge in [0.15, 0.2) is 0 Å². The first kappa shape index (κ1) is 14.2. The number of benzene rings is 1. The third-order valence-electron chi connectivity index (χ3n) is 3.42. The molecular formula is C15H24FN. The van der Waals surface area contributed by atoms with Gasteiger partial charge < -0.3 is 5.32 Å². The molecule has 0 aliphatic carbocycles. The van der Waals surface area contributed by atoms with Gasteiger partial charge >= 0.3 is 0 Å². The molecule has 1 nitrogen and oxygen atoms in total. The summed E-state index contributed by atoms with van der Waals surface area (Å²) >= 11 is 0. The van der Waals surface area contributed by atoms with E-state index in [1.165, 1.54) is 0 Å². The highest BCUT2D eigenvalue weighted by Crippen LogP contribution is 2.23. The van der Waals surface area contributed by atoms with Gasteiger partial charge in [0.2, 0.25) is 0 Å². The Labute approximate surface area is 104 Å². The molecule has 1 rings (SSSR count). The Morgan fingerprint density at radius 2 is 2.00 bits per heavy atom. The van der Waals surface area contributed by atoms with E-state index in [1.807, 2.05) is 12.1 Å². The molecule has 0 fully saturated rings. The Morgan fingerprint density at radius 3 is 2.53 bits per heavy atom. The summed E-state index contributed by atoms with van der Waals surface area (Å²) in [6.45, 7) is 9.33. The maximum Gasteiger partial charge on any atom is 0.126 e. The minimum Gasteiger partial charge on any atom is -0.313 e. The van der Waals surface area contributed by atoms with Crippen molar-refractivity contribution in [1.82, 2.24) is 5.32 Å². The monoisotopic (exact) mass is 237 g/mol. The molecular weight excluding hydrogens is 213 g/mol. The first-order valence-corrected chi connectivity index (χ1v) is 6.59. The van der Waals surface area contributed by atoms with Crippen LogP contribution in [-0.4, -0.2) is 12.6 Å². The first-order chi connectivity index (χ1) is 8.10. The predicted octanol–water partition coefficient (Wildman–Crippen LogP) is 4.02. The highest BCUT2D eigenvalue weighted by atomic mass is 19.1. The quantitative estimate of drug-likeness (QED) is 0.788. The highest BCUT2D eigenvalue weighted by Gasteiger charge is 2.17. The van der Waals surface area contributed by atoms with Crippen LogP contribution >= 0.6 is 0 Å². The van der Waals surface area contributed by atoms with E-state index in [0.717, 1.165) is 30.5 Å². The first-order valence-electron chi connectivity index (χ1n) is 6.59. The molecule has 0 radical (unpaired) electrons. The van der Waals surface area contributed by atoms with Gasteiger partial charge in [-0.3, -0.25) is 0 Å². The number of hydrogen-bond donors (Lipinski definition) is 1. The molecule has 0 saturated carbocycles. The average Bonchev–Trinajstić information content (AvgIpc) is 2.33. The Morgan fingerprint density at radius 1 is 1.29 bits per heavy atom. The molecule has 2 atom stereocenters. The van der Waals surface area contributed by atoms with Crippen LogP contribution in [0.2, 0.25) is 0 Å². The van der Waals surface area contributed by atoms with Crippen molar-refractivity contribution in [2.45, 2.75) is 52.5 Å². The normalized spacial score (nSPS) is 14.6. The lowest BCUT2D eigenvalue weighted by atomic mass is 9.91. The molecule has 0 bridgehead atoms. The smallest absolute Gasteiger partial charge is 0.126 e. The largest absolute Gasteiger partial charge is 0.313 e. The van der Waals surface area contributed by atoms with Gasteiger partial charge in [0.05, 0.1) is 0 Å². The van der Waals surface area contributed by atoms with E-state index in [1.54, 1.807) is 13.0 Å². The van der Waals surface area contributed by atoms with Crippen LogP contribution in [-0.2, 0) is 0 Å². The summed E-state index contributed by atoms with van der Waals surface area (Å²) in [4.78, 5) is 0. The van der Waals surface area contributed by atoms with Gasteiger partial charge in [-0.15, -0.1) is 0 Å². The standard InChI is InChI=1S/C15H24FN/c1-5-9-17-15(6-2)12(4)13-8-7-11(3)14(16)10-13/h7-8,10,12,15,17H,5-6,9H2,1-4H3. The van der Waals surface area contributed by atoms with E-state index in [4.69, 9.17) is 0 Å². The van der Waals surface area contributed by atoms with Crippen molar-refractivity contribution in [2.24, 2.45) is 0 Å². The molecule has 2 heteroatoms. The number of rotatable bonds is 6. The van der Waals surface area contributed by atoms with Crippen LogP contribution in [0.25, 0.3) is 0 Å². The number of hydrogen-bond acceptors (Lipinski definition) is 1. The van der Waals surface area contributed by atoms with Crippen LogP contribution in [0.4, 0.5) is 4.39 Å². The SMILES string of the molecule is CCCNC(CC)C(C)c1ccc(C)c(F)c1. The van der Waals surface area contributed by atoms with E-state index in [0.29, 0.717) is 12.0 Å². The summed E-state index contributed by atoms with van der Waals surface area (Å²) in [5, 5.41) is 3.53. The molecule has 0 amide bonds. The van der Waals surface area contributed by atoms with Crippen LogP contribution in [0.5, 0.6) is 0 Å². The third-order valence-corrected chi connectivity index (χ3v) is 3.42. The van der Waals surface area contributed by atoms with Crippen LogP contribution < -0.4 is 5.32 Å². The number of nitrogens with one attached hydrogen (secondary N) is 1. The van der Waals surface area contributed by atoms with E-state index in [-0.39, 0.29) is 5.82 Å². The Bertz CT molecular complexity index is 349. The zero-order valence-corrected chi connectivity index (χ0v) is 11.4. The van der Waals surface area contributed by atoms with Gasteiger partial charge in [0.1, 0.15) is 5.82 Å². The molecule has 0 saturated heterocycles. The summed E-state index contributed by atoms with van der Waals surface area (Å²) in [6, 6.07) is 6.01. The minimum absolute atomic E-state index is 0.0975. The van der Waals surface area contributed by atoms with Crippen molar-refractivity contribution in [2.75, 3.05) is 6.54 Å². The van der Waals surface area contributed by atoms with Crippen molar-refractivity contribution < 1.29 is 4.39 Å². The van der Waals surface area contributed by atoms with Gasteiger partial charge in [0, 0.05) is 6.04 Å². The third kappa shape index (κ3) is 3.81. The van der Waals surface area contributed by atoms with Crippen molar-refractivity contribution in [3.05, 3.63) is 35.1 Å². The molecule has 2 unspecified atom stereocenters. The Kier molecular flexibility index (Phi) is 5.63. The lowest BCUT2D eigenvalue weighted by molar-refractivity contribution is 0.437. The highest BCUT2D eigenvalue weighted by molar-refractivity contribution is 5.26. The van der Waals surface area contributed by atoms with Gasteiger partial charge in [-0.1, -0.05) is 32.9 Å². The zero-order chi connectivity index (χ0) is 12.8. The fourth-order valence-corrected chi connectivity index (χ4v) is 2.13. The van der Waals surface area contributed by atoms with Crippen LogP contribution in [0.1, 0.15) is 50.7 Å². The summed E-state index contributed by atoms with van der Waals surface area (Å²) in [6.07, 6.45) is 2.20. The Balaban J connectivity index is 2.78. The molecule has 0 aliphatic heterocycles. The second-order valence-corrected chi connectivity index (χ2v) is 4.77. The molecule has 17 heavy (non-hydrogen) atoms. The second-order valence-electron chi connectivity index (χ2n) is 4.77. The molecule has 0 spiro atoms. The van der Waals surface area contributed by atoms with E-state index in [9.17, 15) is 4.39 Å². The topological polar surface area (TPSA) is 12.0 Å². The molecule has 1 aromatic carbocycles. The summed E-state index contributed by atoms with van der Waals surface area (Å²) < 4.78 is 13.5. The lowest BCUT2D eigenvalue weighted by Gasteiger charge is -2.24. The van der Waals surface area contributed by atoms with Gasteiger partial charge in [-0.25, -0.2) is 4.39 Å². The summed E-state index contributed by atoms with van der Waals surface area (Å²) in [7, 11) is 0. The van der Waals surface area contributed by atoms with Crippen LogP contribution in [0.3, 0.4) is 0 Å². The van der Waals surface area contributed by atoms with Crippen molar-refractivity contribution in [3.8, 4) is 0 Å². The summed E-state index contributed by atoms with van der Waals surface area (Å²) in [5.41, 5.74) is 1.80. The molecule has 96 valence electrons. The van der Waals surface area contributed by atoms with Gasteiger partial charge in [0.25, 0.3) is 0 Å². The van der Waals surface area contributed by atoms with Crippen molar-refractivity contribution >= 4 is 0 Å². The van der Waals surface area contributed by atoms with E-state index < -0.39 is 0 Å². The summed E-state index contributed by atoms with van der Waals surface area (Å²) in [5.74, 6) is 0.251. The second kappa shape index (κ2) is 6.75. The zero-order valence-electron chi connectivity index (χ0n) is 11.4. The van der Waals surface area contributed by atoms with E-state index in [2.05, 4.69) is 26.1 Å². The minimum atomic E-state index is -0.0975. The molecule has 1 N–H and O–H groups in total.